The second-order valence-corrected chi connectivity index (χ2v) is 19.5. The number of unbranched alkanes of at least 4 members (excludes halogenated alkanes) is 3. The summed E-state index contributed by atoms with van der Waals surface area (Å²) >= 11 is 0. The fraction of sp³-hybridized carbons (Fsp3) is 0.467. The lowest BCUT2D eigenvalue weighted by molar-refractivity contribution is -0.183. The van der Waals surface area contributed by atoms with E-state index >= 15 is 0 Å². The molecule has 1 aromatic heterocycles. The van der Waals surface area contributed by atoms with Crippen LogP contribution in [0.5, 0.6) is 11.5 Å². The van der Waals surface area contributed by atoms with E-state index in [1.807, 2.05) is 84.9 Å². The number of hydrogen-bond donors (Lipinski definition) is 1. The largest absolute Gasteiger partial charge is 0.497 e. The molecule has 1 N–H and O–H groups in total. The van der Waals surface area contributed by atoms with Gasteiger partial charge in [0.25, 0.3) is 15.7 Å². The van der Waals surface area contributed by atoms with E-state index in [9.17, 15) is 18.0 Å². The molecule has 14 heteroatoms. The summed E-state index contributed by atoms with van der Waals surface area (Å²) in [4.78, 5) is 28.7. The average molecular weight is 849 g/mol. The third-order valence-corrected chi connectivity index (χ3v) is 13.1. The fourth-order valence-electron chi connectivity index (χ4n) is 7.38. The molecule has 0 radical (unpaired) electrons. The van der Waals surface area contributed by atoms with Crippen molar-refractivity contribution in [2.24, 2.45) is 5.92 Å². The molecule has 320 valence electrons. The number of nitrogens with one attached hydrogen (secondary N) is 1. The van der Waals surface area contributed by atoms with Gasteiger partial charge in [-0.2, -0.15) is 8.42 Å². The van der Waals surface area contributed by atoms with Gasteiger partial charge in [-0.05, 0) is 86.9 Å². The van der Waals surface area contributed by atoms with Gasteiger partial charge in [0.1, 0.15) is 28.0 Å². The van der Waals surface area contributed by atoms with Gasteiger partial charge in [-0.25, -0.2) is 4.79 Å². The smallest absolute Gasteiger partial charge is 0.330 e. The molecule has 1 saturated heterocycles. The zero-order chi connectivity index (χ0) is 43.1. The Labute approximate surface area is 351 Å². The molecule has 4 aromatic rings. The van der Waals surface area contributed by atoms with Crippen LogP contribution in [0.1, 0.15) is 82.1 Å². The van der Waals surface area contributed by atoms with Gasteiger partial charge in [0, 0.05) is 18.2 Å². The molecule has 0 bridgehead atoms. The maximum absolute atomic E-state index is 13.6. The second-order valence-electron chi connectivity index (χ2n) is 16.3. The highest BCUT2D eigenvalue weighted by Gasteiger charge is 2.57. The standard InChI is InChI=1S/C45H60N2O10SSi/c1-32(2)42(4,5)56-39-29-44(59,47-30-33(3)40(48)46-41(47)49)57-43(39,27-15-10-9-11-16-28-55-58(8,50)51)31-54-45(34-17-13-12-14-18-34,35-19-23-37(52-6)24-20-35)36-21-25-38(53-7)26-22-36/h12-15,17-27,30,32,39H,9-11,16,28-29,31H2,1-8,59H3,(H,46,48,49)/t39-,43+,44-/m0/s1. The first-order chi connectivity index (χ1) is 27.9. The summed E-state index contributed by atoms with van der Waals surface area (Å²) in [6, 6.07) is 25.6. The first-order valence-electron chi connectivity index (χ1n) is 20.1. The zero-order valence-corrected chi connectivity index (χ0v) is 38.6. The number of aromatic amines is 1. The number of rotatable bonds is 20. The van der Waals surface area contributed by atoms with Crippen molar-refractivity contribution in [2.75, 3.05) is 33.7 Å². The Hall–Kier alpha value is -4.31. The van der Waals surface area contributed by atoms with Crippen LogP contribution in [0.25, 0.3) is 0 Å². The number of ether oxygens (including phenoxy) is 5. The van der Waals surface area contributed by atoms with E-state index in [4.69, 9.17) is 27.9 Å². The van der Waals surface area contributed by atoms with Gasteiger partial charge in [0.2, 0.25) is 0 Å². The van der Waals surface area contributed by atoms with Gasteiger partial charge >= 0.3 is 5.69 Å². The number of aromatic nitrogens is 2. The van der Waals surface area contributed by atoms with Crippen molar-refractivity contribution in [3.8, 4) is 11.5 Å². The summed E-state index contributed by atoms with van der Waals surface area (Å²) in [5.74, 6) is 1.50. The van der Waals surface area contributed by atoms with Crippen LogP contribution >= 0.6 is 0 Å². The van der Waals surface area contributed by atoms with E-state index in [2.05, 4.69) is 38.8 Å². The van der Waals surface area contributed by atoms with Crippen molar-refractivity contribution >= 4 is 20.4 Å². The highest BCUT2D eigenvalue weighted by Crippen LogP contribution is 2.48. The Balaban J connectivity index is 1.68. The molecule has 2 heterocycles. The molecule has 1 aliphatic rings. The molecule has 5 rings (SSSR count). The Morgan fingerprint density at radius 3 is 2.03 bits per heavy atom. The summed E-state index contributed by atoms with van der Waals surface area (Å²) in [5.41, 5.74) is -1.15. The van der Waals surface area contributed by atoms with Crippen LogP contribution in [-0.2, 0) is 39.5 Å². The summed E-state index contributed by atoms with van der Waals surface area (Å²) in [6.45, 7) is 10.1. The van der Waals surface area contributed by atoms with E-state index in [-0.39, 0.29) is 19.1 Å². The lowest BCUT2D eigenvalue weighted by atomic mass is 9.79. The second kappa shape index (κ2) is 18.9. The van der Waals surface area contributed by atoms with Crippen LogP contribution in [0.3, 0.4) is 0 Å². The molecule has 3 atom stereocenters. The molecule has 0 aliphatic carbocycles. The first-order valence-corrected chi connectivity index (χ1v) is 22.9. The summed E-state index contributed by atoms with van der Waals surface area (Å²) in [5, 5.41) is -1.14. The van der Waals surface area contributed by atoms with Gasteiger partial charge in [0.15, 0.2) is 0 Å². The van der Waals surface area contributed by atoms with Gasteiger partial charge < -0.3 is 23.7 Å². The predicted octanol–water partition coefficient (Wildman–Crippen LogP) is 5.92. The van der Waals surface area contributed by atoms with E-state index < -0.39 is 49.6 Å². The summed E-state index contributed by atoms with van der Waals surface area (Å²) in [6.07, 6.45) is 9.12. The lowest BCUT2D eigenvalue weighted by Gasteiger charge is -2.42. The monoisotopic (exact) mass is 848 g/mol. The fourth-order valence-corrected chi connectivity index (χ4v) is 8.89. The normalized spacial score (nSPS) is 20.1. The molecule has 12 nitrogen and oxygen atoms in total. The molecule has 0 unspecified atom stereocenters. The molecule has 0 spiro atoms. The van der Waals surface area contributed by atoms with Crippen molar-refractivity contribution in [3.05, 3.63) is 140 Å². The number of allylic oxidation sites excluding steroid dienone is 1. The molecule has 3 aromatic carbocycles. The highest BCUT2D eigenvalue weighted by molar-refractivity contribution is 7.85. The van der Waals surface area contributed by atoms with Crippen molar-refractivity contribution in [1.82, 2.24) is 9.55 Å². The van der Waals surface area contributed by atoms with Crippen molar-refractivity contribution in [2.45, 2.75) is 95.0 Å². The molecule has 0 saturated carbocycles. The van der Waals surface area contributed by atoms with E-state index in [1.165, 1.54) is 4.57 Å². The Kier molecular flexibility index (Phi) is 14.7. The topological polar surface area (TPSA) is 144 Å². The Bertz CT molecular complexity index is 2210. The van der Waals surface area contributed by atoms with Crippen LogP contribution in [0, 0.1) is 12.8 Å². The van der Waals surface area contributed by atoms with Crippen LogP contribution in [-0.4, -0.2) is 79.2 Å². The van der Waals surface area contributed by atoms with Gasteiger partial charge in [-0.1, -0.05) is 87.0 Å². The zero-order valence-electron chi connectivity index (χ0n) is 35.8. The Morgan fingerprint density at radius 1 is 0.915 bits per heavy atom. The van der Waals surface area contributed by atoms with Crippen LogP contribution in [0.4, 0.5) is 0 Å². The summed E-state index contributed by atoms with van der Waals surface area (Å²) < 4.78 is 62.5. The number of hydrogen-bond acceptors (Lipinski definition) is 10. The van der Waals surface area contributed by atoms with E-state index in [1.54, 1.807) is 27.3 Å². The Morgan fingerprint density at radius 2 is 1.49 bits per heavy atom. The predicted molar refractivity (Wildman–Crippen MR) is 233 cm³/mol. The number of nitrogens with zero attached hydrogens (tertiary/aromatic N) is 1. The average Bonchev–Trinajstić information content (AvgIpc) is 3.48. The van der Waals surface area contributed by atoms with Crippen LogP contribution in [0.2, 0.25) is 0 Å². The van der Waals surface area contributed by atoms with Crippen molar-refractivity contribution in [3.63, 3.8) is 0 Å². The minimum atomic E-state index is -3.51. The van der Waals surface area contributed by atoms with Crippen LogP contribution < -0.4 is 20.7 Å². The minimum Gasteiger partial charge on any atom is -0.497 e. The number of methoxy groups -OCH3 is 2. The molecular weight excluding hydrogens is 789 g/mol. The third kappa shape index (κ3) is 10.7. The van der Waals surface area contributed by atoms with Crippen LogP contribution in [0.15, 0.2) is 107 Å². The third-order valence-electron chi connectivity index (χ3n) is 11.4. The molecule has 1 fully saturated rings. The van der Waals surface area contributed by atoms with Gasteiger partial charge in [-0.15, -0.1) is 0 Å². The molecule has 59 heavy (non-hydrogen) atoms. The minimum absolute atomic E-state index is 0.0153. The van der Waals surface area contributed by atoms with Gasteiger partial charge in [0.05, 0.1) is 55.6 Å². The van der Waals surface area contributed by atoms with E-state index in [0.717, 1.165) is 35.8 Å². The maximum Gasteiger partial charge on any atom is 0.330 e. The van der Waals surface area contributed by atoms with Gasteiger partial charge in [-0.3, -0.25) is 18.5 Å². The number of H-pyrrole nitrogens is 1. The molecule has 1 aliphatic heterocycles. The lowest BCUT2D eigenvalue weighted by Crippen LogP contribution is -2.51. The number of aryl methyl sites for hydroxylation is 1. The molecular formula is C45H60N2O10SSi. The number of benzene rings is 3. The van der Waals surface area contributed by atoms with E-state index in [0.29, 0.717) is 46.6 Å². The molecule has 0 amide bonds. The highest BCUT2D eigenvalue weighted by atomic mass is 32.2. The SMILES string of the molecule is COc1ccc(C(OC[C@@]2(C=CCCCCCOS(C)(=O)=O)O[C@@]([SiH3])(n3cc(C)c(=O)[nH]c3=O)C[C@@H]2OC(C)(C)C(C)C)(c2ccccc2)c2ccc(OC)cc2)cc1. The summed E-state index contributed by atoms with van der Waals surface area (Å²) in [7, 11) is 0.100. The van der Waals surface area contributed by atoms with Crippen molar-refractivity contribution < 1.29 is 36.3 Å². The first kappa shape index (κ1) is 45.8. The maximum atomic E-state index is 13.6. The van der Waals surface area contributed by atoms with Crippen molar-refractivity contribution in [1.29, 1.82) is 0 Å². The quantitative estimate of drug-likeness (QED) is 0.0375.